The van der Waals surface area contributed by atoms with E-state index in [0.717, 1.165) is 22.1 Å². The first-order valence-electron chi connectivity index (χ1n) is 8.44. The summed E-state index contributed by atoms with van der Waals surface area (Å²) in [6.07, 6.45) is 1.47. The minimum Gasteiger partial charge on any atom is -0.385 e. The van der Waals surface area contributed by atoms with Crippen molar-refractivity contribution in [1.82, 2.24) is 0 Å². The quantitative estimate of drug-likeness (QED) is 0.441. The molecule has 3 aromatic rings. The lowest BCUT2D eigenvalue weighted by Gasteiger charge is -2.08. The van der Waals surface area contributed by atoms with Gasteiger partial charge in [0.1, 0.15) is 0 Å². The number of benzene rings is 3. The zero-order valence-corrected chi connectivity index (χ0v) is 15.3. The van der Waals surface area contributed by atoms with Crippen LogP contribution in [0, 0.1) is 0 Å². The molecule has 0 aliphatic heterocycles. The lowest BCUT2D eigenvalue weighted by atomic mass is 10.1. The maximum Gasteiger partial charge on any atom is 0.164 e. The number of carbonyl (C=O) groups is 1. The molecule has 0 aromatic heterocycles. The molecular weight excluding hydrogens is 374 g/mol. The van der Waals surface area contributed by atoms with Crippen molar-refractivity contribution >= 4 is 27.4 Å². The molecule has 1 aliphatic rings. The molecule has 0 unspecified atom stereocenters. The molecule has 0 saturated carbocycles. The molecule has 25 heavy (non-hydrogen) atoms. The molecule has 0 atom stereocenters. The Balaban J connectivity index is 1.39. The summed E-state index contributed by atoms with van der Waals surface area (Å²) in [6, 6.07) is 22.6. The largest absolute Gasteiger partial charge is 0.385 e. The van der Waals surface area contributed by atoms with Gasteiger partial charge in [-0.3, -0.25) is 4.79 Å². The molecule has 124 valence electrons. The summed E-state index contributed by atoms with van der Waals surface area (Å²) in [5, 5.41) is 3.38. The molecule has 2 nitrogen and oxygen atoms in total. The number of hydrogen-bond acceptors (Lipinski definition) is 2. The molecule has 1 aliphatic carbocycles. The summed E-state index contributed by atoms with van der Waals surface area (Å²) in [4.78, 5) is 12.2. The van der Waals surface area contributed by atoms with Gasteiger partial charge in [-0.15, -0.1) is 0 Å². The highest BCUT2D eigenvalue weighted by Gasteiger charge is 2.17. The predicted molar refractivity (Wildman–Crippen MR) is 106 cm³/mol. The monoisotopic (exact) mass is 391 g/mol. The van der Waals surface area contributed by atoms with E-state index >= 15 is 0 Å². The maximum absolute atomic E-state index is 12.2. The zero-order valence-electron chi connectivity index (χ0n) is 13.8. The molecule has 1 N–H and O–H groups in total. The fourth-order valence-electron chi connectivity index (χ4n) is 3.36. The first kappa shape index (κ1) is 16.1. The molecule has 0 fully saturated rings. The average Bonchev–Trinajstić information content (AvgIpc) is 3.00. The molecule has 3 heteroatoms. The highest BCUT2D eigenvalue weighted by molar-refractivity contribution is 9.10. The number of rotatable bonds is 5. The predicted octanol–water partition coefficient (Wildman–Crippen LogP) is 5.71. The van der Waals surface area contributed by atoms with E-state index in [1.54, 1.807) is 0 Å². The Bertz CT molecular complexity index is 931. The van der Waals surface area contributed by atoms with E-state index in [9.17, 15) is 4.79 Å². The Morgan fingerprint density at radius 3 is 2.52 bits per heavy atom. The molecule has 3 aromatic carbocycles. The van der Waals surface area contributed by atoms with Gasteiger partial charge in [0.25, 0.3) is 0 Å². The van der Waals surface area contributed by atoms with Crippen molar-refractivity contribution in [2.75, 3.05) is 11.9 Å². The van der Waals surface area contributed by atoms with Crippen LogP contribution in [0.5, 0.6) is 0 Å². The highest BCUT2D eigenvalue weighted by atomic mass is 79.9. The Labute approximate surface area is 156 Å². The van der Waals surface area contributed by atoms with E-state index in [0.29, 0.717) is 13.0 Å². The normalized spacial score (nSPS) is 11.7. The third-order valence-electron chi connectivity index (χ3n) is 4.64. The van der Waals surface area contributed by atoms with Crippen LogP contribution < -0.4 is 5.32 Å². The second kappa shape index (κ2) is 6.85. The Kier molecular flexibility index (Phi) is 4.41. The summed E-state index contributed by atoms with van der Waals surface area (Å²) in [5.74, 6) is 0.161. The summed E-state index contributed by atoms with van der Waals surface area (Å²) >= 11 is 3.39. The van der Waals surface area contributed by atoms with E-state index in [1.165, 1.54) is 22.3 Å². The molecule has 0 radical (unpaired) electrons. The van der Waals surface area contributed by atoms with Crippen molar-refractivity contribution in [3.8, 4) is 11.1 Å². The van der Waals surface area contributed by atoms with Crippen LogP contribution >= 0.6 is 15.9 Å². The number of fused-ring (bicyclic) bond motifs is 3. The van der Waals surface area contributed by atoms with Crippen LogP contribution in [0.25, 0.3) is 11.1 Å². The van der Waals surface area contributed by atoms with E-state index in [1.807, 2.05) is 24.3 Å². The summed E-state index contributed by atoms with van der Waals surface area (Å²) < 4.78 is 0.987. The van der Waals surface area contributed by atoms with Crippen molar-refractivity contribution in [2.24, 2.45) is 0 Å². The second-order valence-electron chi connectivity index (χ2n) is 6.31. The van der Waals surface area contributed by atoms with Gasteiger partial charge in [0, 0.05) is 28.7 Å². The van der Waals surface area contributed by atoms with Crippen LogP contribution in [-0.4, -0.2) is 12.3 Å². The van der Waals surface area contributed by atoms with E-state index in [-0.39, 0.29) is 5.78 Å². The summed E-state index contributed by atoms with van der Waals surface area (Å²) in [6.45, 7) is 0.640. The van der Waals surface area contributed by atoms with Crippen LogP contribution in [-0.2, 0) is 6.42 Å². The van der Waals surface area contributed by atoms with Gasteiger partial charge in [0.05, 0.1) is 0 Å². The number of Topliss-reactive ketones (excluding diaryl/α,β-unsaturated/α-hetero) is 1. The molecule has 4 rings (SSSR count). The lowest BCUT2D eigenvalue weighted by molar-refractivity contribution is 0.0986. The Morgan fingerprint density at radius 2 is 1.68 bits per heavy atom. The van der Waals surface area contributed by atoms with Crippen LogP contribution in [0.3, 0.4) is 0 Å². The third kappa shape index (κ3) is 3.38. The van der Waals surface area contributed by atoms with Crippen LogP contribution in [0.15, 0.2) is 71.2 Å². The fourth-order valence-corrected chi connectivity index (χ4v) is 3.62. The van der Waals surface area contributed by atoms with Crippen molar-refractivity contribution in [2.45, 2.75) is 12.8 Å². The third-order valence-corrected chi connectivity index (χ3v) is 5.17. The fraction of sp³-hybridized carbons (Fsp3) is 0.136. The van der Waals surface area contributed by atoms with Gasteiger partial charge in [0.2, 0.25) is 0 Å². The van der Waals surface area contributed by atoms with Crippen molar-refractivity contribution in [3.05, 3.63) is 87.9 Å². The minimum atomic E-state index is 0.161. The van der Waals surface area contributed by atoms with Gasteiger partial charge in [-0.05, 0) is 52.9 Å². The van der Waals surface area contributed by atoms with Gasteiger partial charge < -0.3 is 5.32 Å². The molecule has 0 heterocycles. The first-order chi connectivity index (χ1) is 12.2. The smallest absolute Gasteiger partial charge is 0.164 e. The van der Waals surface area contributed by atoms with Crippen molar-refractivity contribution in [1.29, 1.82) is 0 Å². The topological polar surface area (TPSA) is 29.1 Å². The average molecular weight is 392 g/mol. The van der Waals surface area contributed by atoms with Gasteiger partial charge in [-0.25, -0.2) is 0 Å². The molecular formula is C22H18BrNO. The van der Waals surface area contributed by atoms with E-state index < -0.39 is 0 Å². The van der Waals surface area contributed by atoms with Gasteiger partial charge in [-0.2, -0.15) is 0 Å². The number of hydrogen-bond donors (Lipinski definition) is 1. The van der Waals surface area contributed by atoms with Crippen LogP contribution in [0.2, 0.25) is 0 Å². The molecule has 0 spiro atoms. The van der Waals surface area contributed by atoms with Crippen LogP contribution in [0.1, 0.15) is 27.9 Å². The van der Waals surface area contributed by atoms with Crippen molar-refractivity contribution in [3.63, 3.8) is 0 Å². The number of nitrogens with one attached hydrogen (secondary N) is 1. The minimum absolute atomic E-state index is 0.161. The van der Waals surface area contributed by atoms with Gasteiger partial charge >= 0.3 is 0 Å². The van der Waals surface area contributed by atoms with Crippen molar-refractivity contribution < 1.29 is 4.79 Å². The summed E-state index contributed by atoms with van der Waals surface area (Å²) in [5.41, 5.74) is 7.25. The molecule has 0 amide bonds. The molecule has 0 saturated heterocycles. The second-order valence-corrected chi connectivity index (χ2v) is 7.23. The molecule has 0 bridgehead atoms. The van der Waals surface area contributed by atoms with E-state index in [2.05, 4.69) is 63.7 Å². The zero-order chi connectivity index (χ0) is 17.2. The lowest BCUT2D eigenvalue weighted by Crippen LogP contribution is -2.09. The first-order valence-corrected chi connectivity index (χ1v) is 9.24. The maximum atomic E-state index is 12.2. The number of anilines is 1. The van der Waals surface area contributed by atoms with Gasteiger partial charge in [0.15, 0.2) is 5.78 Å². The Morgan fingerprint density at radius 1 is 0.920 bits per heavy atom. The highest BCUT2D eigenvalue weighted by Crippen LogP contribution is 2.37. The number of carbonyl (C=O) groups excluding carboxylic acids is 1. The summed E-state index contributed by atoms with van der Waals surface area (Å²) in [7, 11) is 0. The standard InChI is InChI=1S/C22H18BrNO/c23-18-7-5-15(6-8-18)22(25)11-12-24-19-9-10-21-17(14-19)13-16-3-1-2-4-20(16)21/h1-10,14,24H,11-13H2. The number of halogens is 1. The Hall–Kier alpha value is -2.39. The van der Waals surface area contributed by atoms with Crippen LogP contribution in [0.4, 0.5) is 5.69 Å². The number of ketones is 1. The van der Waals surface area contributed by atoms with E-state index in [4.69, 9.17) is 0 Å². The SMILES string of the molecule is O=C(CCNc1ccc2c(c1)Cc1ccccc1-2)c1ccc(Br)cc1. The van der Waals surface area contributed by atoms with Gasteiger partial charge in [-0.1, -0.05) is 58.4 Å².